The summed E-state index contributed by atoms with van der Waals surface area (Å²) in [4.78, 5) is 92.3. The lowest BCUT2D eigenvalue weighted by atomic mass is 9.72. The van der Waals surface area contributed by atoms with Crippen LogP contribution in [0.5, 0.6) is 17.2 Å². The number of phenols is 2. The van der Waals surface area contributed by atoms with Gasteiger partial charge in [0, 0.05) is 66.7 Å². The van der Waals surface area contributed by atoms with Crippen LogP contribution >= 0.6 is 0 Å². The molecule has 2 aromatic heterocycles. The number of amides is 1. The molecule has 0 spiro atoms. The van der Waals surface area contributed by atoms with Crippen molar-refractivity contribution in [3.63, 3.8) is 0 Å². The Morgan fingerprint density at radius 3 is 2.31 bits per heavy atom. The lowest BCUT2D eigenvalue weighted by molar-refractivity contribution is -0.247. The normalized spacial score (nSPS) is 21.6. The Bertz CT molecular complexity index is 2960. The highest BCUT2D eigenvalue weighted by atomic mass is 16.7. The minimum absolute atomic E-state index is 0.0138. The number of carboxylic acids is 2. The van der Waals surface area contributed by atoms with Crippen LogP contribution in [0, 0.1) is 0 Å². The highest BCUT2D eigenvalue weighted by Crippen LogP contribution is 2.52. The number of aliphatic carboxylic acids is 2. The van der Waals surface area contributed by atoms with Gasteiger partial charge in [0.1, 0.15) is 28.9 Å². The molecule has 13 N–H and O–H groups in total. The van der Waals surface area contributed by atoms with Crippen molar-refractivity contribution in [2.75, 3.05) is 30.5 Å². The molecule has 1 saturated heterocycles. The molecule has 0 unspecified atom stereocenters. The smallest absolute Gasteiger partial charge is 0.326 e. The van der Waals surface area contributed by atoms with Crippen molar-refractivity contribution < 1.29 is 73.6 Å². The van der Waals surface area contributed by atoms with Crippen LogP contribution in [0.25, 0.3) is 11.2 Å². The van der Waals surface area contributed by atoms with Crippen molar-refractivity contribution >= 4 is 63.8 Å². The summed E-state index contributed by atoms with van der Waals surface area (Å²) < 4.78 is 17.1. The van der Waals surface area contributed by atoms with E-state index in [-0.39, 0.29) is 71.0 Å². The fourth-order valence-corrected chi connectivity index (χ4v) is 8.69. The lowest BCUT2D eigenvalue weighted by Crippen LogP contribution is -2.52. The summed E-state index contributed by atoms with van der Waals surface area (Å²) in [7, 11) is 3.16. The SMILES string of the molecule is CN(Cc1cnc2nc(N)nc(N)c2n1)c1ccc(C(=O)N[C@@H](CCC(=O)O)C(=O)O)cc1.COc1cccc2c1C(=O)c1c(O)c3c(c(O)c1C2=O)C[C@@](O)(C(C)=O)C[C@@H]3O[C@H]1C[C@H](N)[C@H](O)[C@H](C)O1. The molecular weight excluding hydrogens is 931 g/mol. The second-order valence-corrected chi connectivity index (χ2v) is 17.3. The maximum atomic E-state index is 13.6. The van der Waals surface area contributed by atoms with E-state index in [4.69, 9.17) is 36.5 Å². The van der Waals surface area contributed by atoms with E-state index >= 15 is 0 Å². The van der Waals surface area contributed by atoms with E-state index in [9.17, 15) is 54.3 Å². The van der Waals surface area contributed by atoms with Crippen LogP contribution in [0.15, 0.2) is 48.7 Å². The number of carbonyl (C=O) groups is 6. The Balaban J connectivity index is 0.000000211. The number of nitrogen functional groups attached to an aromatic ring is 2. The summed E-state index contributed by atoms with van der Waals surface area (Å²) in [5.41, 5.74) is 16.6. The van der Waals surface area contributed by atoms with Crippen molar-refractivity contribution in [2.45, 2.75) is 94.8 Å². The van der Waals surface area contributed by atoms with E-state index in [1.54, 1.807) is 25.3 Å². The molecule has 5 aromatic rings. The number of anilines is 3. The van der Waals surface area contributed by atoms with Crippen LogP contribution in [-0.2, 0) is 36.8 Å². The zero-order chi connectivity index (χ0) is 51.8. The van der Waals surface area contributed by atoms with Gasteiger partial charge < -0.3 is 72.3 Å². The summed E-state index contributed by atoms with van der Waals surface area (Å²) in [6.45, 7) is 3.16. The topological polar surface area (TPSA) is 396 Å². The van der Waals surface area contributed by atoms with E-state index in [2.05, 4.69) is 25.3 Å². The molecule has 24 nitrogen and oxygen atoms in total. The fourth-order valence-electron chi connectivity index (χ4n) is 8.69. The van der Waals surface area contributed by atoms with Crippen LogP contribution in [0.2, 0.25) is 0 Å². The van der Waals surface area contributed by atoms with Gasteiger partial charge in [-0.3, -0.25) is 24.0 Å². The van der Waals surface area contributed by atoms with Gasteiger partial charge >= 0.3 is 11.9 Å². The zero-order valence-corrected chi connectivity index (χ0v) is 38.7. The molecule has 3 aliphatic rings. The number of Topliss-reactive ketones (excluding diaryl/α,β-unsaturated/α-hetero) is 1. The van der Waals surface area contributed by atoms with Crippen LogP contribution in [0.3, 0.4) is 0 Å². The summed E-state index contributed by atoms with van der Waals surface area (Å²) in [5.74, 6) is -6.09. The summed E-state index contributed by atoms with van der Waals surface area (Å²) in [6.07, 6.45) is -3.57. The van der Waals surface area contributed by atoms with Gasteiger partial charge in [-0.15, -0.1) is 0 Å². The summed E-state index contributed by atoms with van der Waals surface area (Å²) >= 11 is 0. The van der Waals surface area contributed by atoms with Crippen LogP contribution in [-0.4, -0.2) is 136 Å². The van der Waals surface area contributed by atoms with Gasteiger partial charge in [0.25, 0.3) is 5.91 Å². The number of hydrogen-bond acceptors (Lipinski definition) is 21. The first-order valence-corrected chi connectivity index (χ1v) is 22.0. The van der Waals surface area contributed by atoms with Crippen molar-refractivity contribution in [1.82, 2.24) is 25.3 Å². The minimum atomic E-state index is -2.00. The number of aliphatic hydroxyl groups is 2. The molecule has 8 rings (SSSR count). The van der Waals surface area contributed by atoms with Crippen molar-refractivity contribution in [2.24, 2.45) is 5.73 Å². The second kappa shape index (κ2) is 20.2. The van der Waals surface area contributed by atoms with Gasteiger partial charge in [-0.05, 0) is 50.6 Å². The van der Waals surface area contributed by atoms with Gasteiger partial charge in [0.05, 0.1) is 60.5 Å². The maximum absolute atomic E-state index is 13.6. The average Bonchev–Trinajstić information content (AvgIpc) is 3.32. The van der Waals surface area contributed by atoms with Crippen LogP contribution in [0.4, 0.5) is 17.5 Å². The third-order valence-electron chi connectivity index (χ3n) is 12.5. The number of aromatic nitrogens is 4. The fraction of sp³-hybridized carbons (Fsp3) is 0.362. The van der Waals surface area contributed by atoms with Gasteiger partial charge in [-0.1, -0.05) is 12.1 Å². The van der Waals surface area contributed by atoms with Gasteiger partial charge in [-0.2, -0.15) is 9.97 Å². The Labute approximate surface area is 403 Å². The number of nitrogens with zero attached hydrogens (tertiary/aromatic N) is 5. The number of methoxy groups -OCH3 is 1. The molecule has 2 aliphatic carbocycles. The molecule has 1 aliphatic heterocycles. The molecule has 374 valence electrons. The number of phenolic OH excluding ortho intramolecular Hbond substituents is 2. The van der Waals surface area contributed by atoms with Crippen molar-refractivity contribution in [1.29, 1.82) is 0 Å². The molecule has 3 heterocycles. The molecule has 1 amide bonds. The number of carbonyl (C=O) groups excluding carboxylic acids is 4. The highest BCUT2D eigenvalue weighted by molar-refractivity contribution is 6.31. The summed E-state index contributed by atoms with van der Waals surface area (Å²) in [5, 5.41) is 64.4. The molecular formula is C47H51N9O15. The first-order chi connectivity index (χ1) is 33.5. The molecule has 0 radical (unpaired) electrons. The summed E-state index contributed by atoms with van der Waals surface area (Å²) in [6, 6.07) is 8.91. The Kier molecular flexibility index (Phi) is 14.5. The first kappa shape index (κ1) is 51.0. The van der Waals surface area contributed by atoms with Gasteiger partial charge in [0.2, 0.25) is 11.7 Å². The number of hydrogen-bond donors (Lipinski definition) is 10. The maximum Gasteiger partial charge on any atom is 0.326 e. The quantitative estimate of drug-likeness (QED) is 0.0729. The van der Waals surface area contributed by atoms with Crippen LogP contribution in [0.1, 0.15) is 105 Å². The molecule has 7 atom stereocenters. The van der Waals surface area contributed by atoms with E-state index in [0.29, 0.717) is 23.4 Å². The predicted octanol–water partition coefficient (Wildman–Crippen LogP) is 1.30. The molecule has 0 bridgehead atoms. The number of aliphatic hydroxyl groups excluding tert-OH is 1. The van der Waals surface area contributed by atoms with E-state index in [1.165, 1.54) is 44.4 Å². The highest BCUT2D eigenvalue weighted by Gasteiger charge is 2.49. The largest absolute Gasteiger partial charge is 0.507 e. The number of nitrogens with one attached hydrogen (secondary N) is 1. The standard InChI is InChI=1S/C27H29NO10.C20H22N8O5/c1-10-22(30)14(28)7-17(37-10)38-16-9-27(35,11(2)29)8-13-19(16)26(34)21-20(24(13)32)23(31)12-5-4-6-15(36-3)18(12)25(21)33;1-28(9-11-8-23-17-15(24-11)16(21)26-20(22)27-17)12-4-2-10(3-5-12)18(31)25-13(19(32)33)6-7-14(29)30/h4-6,10,14,16-17,22,30,32,34-35H,7-9,28H2,1-3H3;2-5,8,13H,6-7,9H2,1H3,(H,25,31)(H,29,30)(H,32,33)(H4,21,22,23,26,27)/t10-,14-,16-,17-,22+,27-;13-/m00/s1. The van der Waals surface area contributed by atoms with Crippen LogP contribution < -0.4 is 32.2 Å². The Morgan fingerprint density at radius 1 is 0.986 bits per heavy atom. The number of carboxylic acid groups (broad SMARTS) is 2. The molecule has 3 aromatic carbocycles. The number of ether oxygens (including phenoxy) is 3. The molecule has 1 fully saturated rings. The predicted molar refractivity (Wildman–Crippen MR) is 249 cm³/mol. The number of nitrogens with two attached hydrogens (primary N) is 3. The number of rotatable bonds is 13. The van der Waals surface area contributed by atoms with Gasteiger partial charge in [0.15, 0.2) is 34.8 Å². The molecule has 24 heteroatoms. The minimum Gasteiger partial charge on any atom is -0.507 e. The molecule has 71 heavy (non-hydrogen) atoms. The number of ketones is 3. The molecule has 0 saturated carbocycles. The Hall–Kier alpha value is -7.90. The van der Waals surface area contributed by atoms with Crippen molar-refractivity contribution in [3.8, 4) is 17.2 Å². The zero-order valence-electron chi connectivity index (χ0n) is 38.7. The number of benzene rings is 3. The third kappa shape index (κ3) is 10.2. The monoisotopic (exact) mass is 981 g/mol. The van der Waals surface area contributed by atoms with Gasteiger partial charge in [-0.25, -0.2) is 14.8 Å². The Morgan fingerprint density at radius 2 is 1.68 bits per heavy atom. The van der Waals surface area contributed by atoms with Crippen molar-refractivity contribution in [3.05, 3.63) is 93.3 Å². The van der Waals surface area contributed by atoms with E-state index < -0.39 is 107 Å². The number of aromatic hydroxyl groups is 2. The van der Waals surface area contributed by atoms with E-state index in [1.807, 2.05) is 11.9 Å². The lowest BCUT2D eigenvalue weighted by Gasteiger charge is -2.42. The first-order valence-electron chi connectivity index (χ1n) is 22.0. The third-order valence-corrected chi connectivity index (χ3v) is 12.5. The number of fused-ring (bicyclic) bond motifs is 4. The second-order valence-electron chi connectivity index (χ2n) is 17.3. The van der Waals surface area contributed by atoms with E-state index in [0.717, 1.165) is 5.69 Å². The average molecular weight is 982 g/mol.